The molecule has 1 aromatic heterocycles. The highest BCUT2D eigenvalue weighted by atomic mass is 32.1. The number of ketones is 1. The number of ether oxygens (including phenoxy) is 1. The van der Waals surface area contributed by atoms with E-state index in [1.807, 2.05) is 6.92 Å². The van der Waals surface area contributed by atoms with Crippen LogP contribution in [0.3, 0.4) is 0 Å². The maximum absolute atomic E-state index is 11.3. The lowest BCUT2D eigenvalue weighted by Crippen LogP contribution is -2.04. The fraction of sp³-hybridized carbons (Fsp3) is 0.286. The summed E-state index contributed by atoms with van der Waals surface area (Å²) < 4.78 is 5.49. The predicted molar refractivity (Wildman–Crippen MR) is 79.2 cm³/mol. The van der Waals surface area contributed by atoms with E-state index in [0.717, 1.165) is 10.6 Å². The summed E-state index contributed by atoms with van der Waals surface area (Å²) in [4.78, 5) is 27.0. The third-order valence-corrected chi connectivity index (χ3v) is 3.99. The monoisotopic (exact) mass is 306 g/mol. The molecule has 0 radical (unpaired) electrons. The van der Waals surface area contributed by atoms with Gasteiger partial charge in [0.25, 0.3) is 0 Å². The number of carbonyl (C=O) groups is 1. The first-order valence-electron chi connectivity index (χ1n) is 6.30. The number of hydrogen-bond donors (Lipinski definition) is 0. The first-order valence-corrected chi connectivity index (χ1v) is 7.18. The predicted octanol–water partition coefficient (Wildman–Crippen LogP) is 3.18. The number of aromatic nitrogens is 1. The van der Waals surface area contributed by atoms with E-state index >= 15 is 0 Å². The molecule has 110 valence electrons. The normalized spacial score (nSPS) is 10.4. The number of nitrogens with zero attached hydrogens (tertiary/aromatic N) is 2. The lowest BCUT2D eigenvalue weighted by molar-refractivity contribution is -0.385. The van der Waals surface area contributed by atoms with Crippen molar-refractivity contribution in [1.82, 2.24) is 4.98 Å². The van der Waals surface area contributed by atoms with E-state index in [1.165, 1.54) is 36.5 Å². The molecule has 1 heterocycles. The van der Waals surface area contributed by atoms with Gasteiger partial charge < -0.3 is 4.74 Å². The largest absolute Gasteiger partial charge is 0.486 e. The molecular formula is C14H14N2O4S. The molecule has 0 saturated heterocycles. The Bertz CT molecular complexity index is 681. The zero-order valence-corrected chi connectivity index (χ0v) is 12.5. The maximum atomic E-state index is 11.3. The molecule has 0 aliphatic carbocycles. The van der Waals surface area contributed by atoms with Crippen LogP contribution in [0.4, 0.5) is 5.69 Å². The molecule has 0 spiro atoms. The van der Waals surface area contributed by atoms with Crippen LogP contribution in [-0.2, 0) is 6.42 Å². The molecule has 0 N–H and O–H groups in total. The first kappa shape index (κ1) is 15.1. The zero-order chi connectivity index (χ0) is 15.4. The Labute approximate surface area is 125 Å². The quantitative estimate of drug-likeness (QED) is 0.465. The molecule has 0 fully saturated rings. The number of thiazole rings is 1. The second-order valence-corrected chi connectivity index (χ2v) is 5.39. The average Bonchev–Trinajstić information content (AvgIpc) is 2.84. The van der Waals surface area contributed by atoms with Gasteiger partial charge in [-0.05, 0) is 26.0 Å². The summed E-state index contributed by atoms with van der Waals surface area (Å²) in [5, 5.41) is 11.0. The first-order chi connectivity index (χ1) is 9.99. The van der Waals surface area contributed by atoms with Crippen molar-refractivity contribution < 1.29 is 14.5 Å². The van der Waals surface area contributed by atoms with Crippen LogP contribution >= 0.6 is 11.3 Å². The third-order valence-electron chi connectivity index (χ3n) is 2.99. The molecule has 0 bridgehead atoms. The van der Waals surface area contributed by atoms with Gasteiger partial charge in [-0.1, -0.05) is 0 Å². The van der Waals surface area contributed by atoms with Crippen LogP contribution in [0.2, 0.25) is 0 Å². The lowest BCUT2D eigenvalue weighted by Gasteiger charge is -2.07. The fourth-order valence-corrected chi connectivity index (χ4v) is 2.58. The molecule has 0 atom stereocenters. The van der Waals surface area contributed by atoms with Crippen molar-refractivity contribution in [3.63, 3.8) is 0 Å². The summed E-state index contributed by atoms with van der Waals surface area (Å²) >= 11 is 1.53. The number of nitro benzene ring substituents is 1. The molecule has 1 aromatic carbocycles. The van der Waals surface area contributed by atoms with E-state index in [-0.39, 0.29) is 17.2 Å². The van der Waals surface area contributed by atoms with Crippen molar-refractivity contribution in [2.45, 2.75) is 20.3 Å². The van der Waals surface area contributed by atoms with Crippen LogP contribution in [0.1, 0.15) is 27.9 Å². The number of carbonyl (C=O) groups excluding carboxylic acids is 1. The van der Waals surface area contributed by atoms with Crippen LogP contribution in [-0.4, -0.2) is 22.3 Å². The third kappa shape index (κ3) is 3.63. The van der Waals surface area contributed by atoms with Gasteiger partial charge >= 0.3 is 5.69 Å². The van der Waals surface area contributed by atoms with Crippen LogP contribution < -0.4 is 4.74 Å². The number of nitro groups is 1. The molecule has 0 aliphatic rings. The van der Waals surface area contributed by atoms with Gasteiger partial charge in [0.2, 0.25) is 0 Å². The van der Waals surface area contributed by atoms with Gasteiger partial charge in [0, 0.05) is 22.9 Å². The van der Waals surface area contributed by atoms with Gasteiger partial charge in [-0.25, -0.2) is 4.98 Å². The summed E-state index contributed by atoms with van der Waals surface area (Å²) in [6.07, 6.45) is 0.641. The second-order valence-electron chi connectivity index (χ2n) is 4.46. The van der Waals surface area contributed by atoms with E-state index in [0.29, 0.717) is 18.6 Å². The van der Waals surface area contributed by atoms with Crippen LogP contribution in [0.15, 0.2) is 23.7 Å². The zero-order valence-electron chi connectivity index (χ0n) is 11.7. The Balaban J connectivity index is 2.10. The molecule has 0 aliphatic heterocycles. The molecule has 7 heteroatoms. The van der Waals surface area contributed by atoms with E-state index in [4.69, 9.17) is 4.74 Å². The molecule has 6 nitrogen and oxygen atoms in total. The molecule has 21 heavy (non-hydrogen) atoms. The molecule has 2 rings (SSSR count). The number of Topliss-reactive ketones (excluding diaryl/α,β-unsaturated/α-hetero) is 1. The Morgan fingerprint density at radius 2 is 2.24 bits per heavy atom. The highest BCUT2D eigenvalue weighted by Crippen LogP contribution is 2.28. The van der Waals surface area contributed by atoms with E-state index < -0.39 is 4.92 Å². The molecule has 0 saturated carbocycles. The van der Waals surface area contributed by atoms with Gasteiger partial charge in [-0.2, -0.15) is 0 Å². The van der Waals surface area contributed by atoms with Gasteiger partial charge in [0.05, 0.1) is 22.7 Å². The van der Waals surface area contributed by atoms with Crippen molar-refractivity contribution in [3.05, 3.63) is 50.0 Å². The minimum atomic E-state index is -0.542. The average molecular weight is 306 g/mol. The number of hydrogen-bond acceptors (Lipinski definition) is 6. The number of benzene rings is 1. The van der Waals surface area contributed by atoms with Gasteiger partial charge in [0.15, 0.2) is 11.5 Å². The summed E-state index contributed by atoms with van der Waals surface area (Å²) in [6, 6.07) is 4.24. The molecule has 0 amide bonds. The van der Waals surface area contributed by atoms with Gasteiger partial charge in [-0.3, -0.25) is 14.9 Å². The Kier molecular flexibility index (Phi) is 4.64. The molecular weight excluding hydrogens is 292 g/mol. The highest BCUT2D eigenvalue weighted by Gasteiger charge is 2.17. The van der Waals surface area contributed by atoms with Crippen LogP contribution in [0.5, 0.6) is 5.75 Å². The fourth-order valence-electron chi connectivity index (χ4n) is 1.82. The van der Waals surface area contributed by atoms with E-state index in [1.54, 1.807) is 5.51 Å². The van der Waals surface area contributed by atoms with Crippen molar-refractivity contribution >= 4 is 22.8 Å². The van der Waals surface area contributed by atoms with Crippen molar-refractivity contribution in [2.75, 3.05) is 6.61 Å². The summed E-state index contributed by atoms with van der Waals surface area (Å²) in [5.74, 6) is -0.0443. The molecule has 0 unspecified atom stereocenters. The number of aryl methyl sites for hydroxylation is 1. The summed E-state index contributed by atoms with van der Waals surface area (Å²) in [7, 11) is 0. The van der Waals surface area contributed by atoms with Gasteiger partial charge in [-0.15, -0.1) is 11.3 Å². The van der Waals surface area contributed by atoms with E-state index in [2.05, 4.69) is 4.98 Å². The Morgan fingerprint density at radius 3 is 2.81 bits per heavy atom. The smallest absolute Gasteiger partial charge is 0.311 e. The van der Waals surface area contributed by atoms with Crippen molar-refractivity contribution in [1.29, 1.82) is 0 Å². The van der Waals surface area contributed by atoms with Crippen LogP contribution in [0, 0.1) is 17.0 Å². The molecule has 2 aromatic rings. The van der Waals surface area contributed by atoms with E-state index in [9.17, 15) is 14.9 Å². The second kappa shape index (κ2) is 6.45. The maximum Gasteiger partial charge on any atom is 0.311 e. The minimum absolute atomic E-state index is 0.173. The SMILES string of the molecule is CC(=O)c1ccc(OCCc2scnc2C)c([N+](=O)[O-])c1. The summed E-state index contributed by atoms with van der Waals surface area (Å²) in [6.45, 7) is 3.60. The van der Waals surface area contributed by atoms with Crippen molar-refractivity contribution in [3.8, 4) is 5.75 Å². The van der Waals surface area contributed by atoms with Crippen molar-refractivity contribution in [2.24, 2.45) is 0 Å². The Morgan fingerprint density at radius 1 is 1.48 bits per heavy atom. The standard InChI is InChI=1S/C14H14N2O4S/c1-9-14(21-8-15-9)5-6-20-13-4-3-11(10(2)17)7-12(13)16(18)19/h3-4,7-8H,5-6H2,1-2H3. The Hall–Kier alpha value is -2.28. The van der Waals surface area contributed by atoms with Crippen LogP contribution in [0.25, 0.3) is 0 Å². The highest BCUT2D eigenvalue weighted by molar-refractivity contribution is 7.09. The topological polar surface area (TPSA) is 82.3 Å². The summed E-state index contributed by atoms with van der Waals surface area (Å²) in [5.41, 5.74) is 2.82. The van der Waals surface area contributed by atoms with Gasteiger partial charge in [0.1, 0.15) is 0 Å². The lowest BCUT2D eigenvalue weighted by atomic mass is 10.1. The minimum Gasteiger partial charge on any atom is -0.486 e. The number of rotatable bonds is 6.